The summed E-state index contributed by atoms with van der Waals surface area (Å²) in [5.41, 5.74) is 8.73. The smallest absolute Gasteiger partial charge is 0.267 e. The van der Waals surface area contributed by atoms with E-state index in [9.17, 15) is 4.79 Å². The van der Waals surface area contributed by atoms with Crippen molar-refractivity contribution in [3.63, 3.8) is 0 Å². The Morgan fingerprint density at radius 2 is 2.12 bits per heavy atom. The minimum absolute atomic E-state index is 0.231. The summed E-state index contributed by atoms with van der Waals surface area (Å²) in [4.78, 5) is 15.8. The first-order valence-corrected chi connectivity index (χ1v) is 6.01. The molecule has 1 amide bonds. The Balaban J connectivity index is 2.05. The number of halogens is 1. The number of pyridine rings is 1. The number of amides is 1. The van der Waals surface area contributed by atoms with E-state index in [1.807, 2.05) is 5.01 Å². The zero-order valence-corrected chi connectivity index (χ0v) is 10.2. The average Bonchev–Trinajstić information content (AvgIpc) is 2.33. The molecule has 0 spiro atoms. The third-order valence-electron chi connectivity index (χ3n) is 2.74. The maximum Gasteiger partial charge on any atom is 0.267 e. The number of carbonyl (C=O) groups excluding carboxylic acids is 1. The molecule has 0 bridgehead atoms. The molecule has 92 valence electrons. The minimum atomic E-state index is -0.231. The highest BCUT2D eigenvalue weighted by molar-refractivity contribution is 6.33. The second-order valence-electron chi connectivity index (χ2n) is 4.08. The van der Waals surface area contributed by atoms with E-state index in [-0.39, 0.29) is 11.7 Å². The van der Waals surface area contributed by atoms with Gasteiger partial charge in [-0.3, -0.25) is 10.2 Å². The quantitative estimate of drug-likeness (QED) is 0.838. The maximum atomic E-state index is 12.0. The number of nitrogens with zero attached hydrogens (tertiary/aromatic N) is 2. The van der Waals surface area contributed by atoms with Crippen molar-refractivity contribution in [1.29, 1.82) is 0 Å². The van der Waals surface area contributed by atoms with Crippen molar-refractivity contribution < 1.29 is 4.79 Å². The van der Waals surface area contributed by atoms with Crippen molar-refractivity contribution in [3.05, 3.63) is 22.8 Å². The number of nitrogens with one attached hydrogen (secondary N) is 1. The third-order valence-corrected chi connectivity index (χ3v) is 3.04. The molecule has 2 heterocycles. The molecule has 1 aromatic rings. The fraction of sp³-hybridized carbons (Fsp3) is 0.455. The Labute approximate surface area is 105 Å². The minimum Gasteiger partial charge on any atom is -0.384 e. The van der Waals surface area contributed by atoms with Crippen LogP contribution in [0, 0.1) is 0 Å². The van der Waals surface area contributed by atoms with Crippen LogP contribution < -0.4 is 11.2 Å². The van der Waals surface area contributed by atoms with E-state index in [0.29, 0.717) is 10.6 Å². The molecule has 1 aliphatic rings. The van der Waals surface area contributed by atoms with E-state index in [0.717, 1.165) is 25.9 Å². The lowest BCUT2D eigenvalue weighted by atomic mass is 10.2. The number of hydrogen-bond acceptors (Lipinski definition) is 4. The van der Waals surface area contributed by atoms with Gasteiger partial charge in [0.05, 0.1) is 10.6 Å². The van der Waals surface area contributed by atoms with Gasteiger partial charge in [0.15, 0.2) is 0 Å². The number of nitrogens with two attached hydrogens (primary N) is 1. The maximum absolute atomic E-state index is 12.0. The molecule has 2 rings (SSSR count). The van der Waals surface area contributed by atoms with Crippen molar-refractivity contribution in [2.24, 2.45) is 0 Å². The summed E-state index contributed by atoms with van der Waals surface area (Å²) in [5, 5.41) is 2.23. The van der Waals surface area contributed by atoms with Gasteiger partial charge in [0.2, 0.25) is 0 Å². The van der Waals surface area contributed by atoms with Crippen LogP contribution in [0.3, 0.4) is 0 Å². The number of hydrogen-bond donors (Lipinski definition) is 2. The van der Waals surface area contributed by atoms with Gasteiger partial charge in [-0.2, -0.15) is 0 Å². The Hall–Kier alpha value is -1.33. The van der Waals surface area contributed by atoms with Crippen LogP contribution in [0.4, 0.5) is 5.82 Å². The molecule has 0 aliphatic carbocycles. The molecule has 6 heteroatoms. The molecule has 0 unspecified atom stereocenters. The fourth-order valence-corrected chi connectivity index (χ4v) is 2.03. The molecule has 17 heavy (non-hydrogen) atoms. The summed E-state index contributed by atoms with van der Waals surface area (Å²) in [6.07, 6.45) is 4.82. The van der Waals surface area contributed by atoms with Crippen molar-refractivity contribution in [2.45, 2.75) is 19.3 Å². The van der Waals surface area contributed by atoms with Crippen molar-refractivity contribution in [3.8, 4) is 0 Å². The van der Waals surface area contributed by atoms with Crippen LogP contribution in [-0.2, 0) is 0 Å². The van der Waals surface area contributed by atoms with E-state index in [4.69, 9.17) is 17.3 Å². The SMILES string of the molecule is Nc1cc(C(=O)NN2CCCCC2)c(Cl)cn1. The zero-order valence-electron chi connectivity index (χ0n) is 9.45. The van der Waals surface area contributed by atoms with E-state index in [1.54, 1.807) is 0 Å². The van der Waals surface area contributed by atoms with Crippen molar-refractivity contribution >= 4 is 23.3 Å². The molecule has 1 fully saturated rings. The van der Waals surface area contributed by atoms with Crippen LogP contribution in [0.15, 0.2) is 12.3 Å². The summed E-state index contributed by atoms with van der Waals surface area (Å²) in [7, 11) is 0. The molecule has 1 aromatic heterocycles. The first-order chi connectivity index (χ1) is 8.16. The van der Waals surface area contributed by atoms with Gasteiger partial charge in [-0.05, 0) is 18.9 Å². The van der Waals surface area contributed by atoms with Gasteiger partial charge < -0.3 is 5.73 Å². The van der Waals surface area contributed by atoms with Crippen LogP contribution >= 0.6 is 11.6 Å². The topological polar surface area (TPSA) is 71.2 Å². The summed E-state index contributed by atoms with van der Waals surface area (Å²) in [6.45, 7) is 1.76. The highest BCUT2D eigenvalue weighted by atomic mass is 35.5. The number of piperidine rings is 1. The standard InChI is InChI=1S/C11H15ClN4O/c12-9-7-14-10(13)6-8(9)11(17)15-16-4-2-1-3-5-16/h6-7H,1-5H2,(H2,13,14)(H,15,17). The number of hydrazine groups is 1. The predicted molar refractivity (Wildman–Crippen MR) is 66.5 cm³/mol. The Morgan fingerprint density at radius 1 is 1.41 bits per heavy atom. The Morgan fingerprint density at radius 3 is 2.82 bits per heavy atom. The van der Waals surface area contributed by atoms with E-state index in [1.165, 1.54) is 18.7 Å². The van der Waals surface area contributed by atoms with Gasteiger partial charge >= 0.3 is 0 Å². The van der Waals surface area contributed by atoms with E-state index in [2.05, 4.69) is 10.4 Å². The van der Waals surface area contributed by atoms with Gasteiger partial charge in [0.1, 0.15) is 5.82 Å². The van der Waals surface area contributed by atoms with Crippen LogP contribution in [0.25, 0.3) is 0 Å². The normalized spacial score (nSPS) is 16.8. The number of aromatic nitrogens is 1. The van der Waals surface area contributed by atoms with Crippen LogP contribution in [0.1, 0.15) is 29.6 Å². The first kappa shape index (κ1) is 12.1. The molecule has 1 aliphatic heterocycles. The zero-order chi connectivity index (χ0) is 12.3. The van der Waals surface area contributed by atoms with Crippen LogP contribution in [-0.4, -0.2) is 29.0 Å². The van der Waals surface area contributed by atoms with Gasteiger partial charge in [0.25, 0.3) is 5.91 Å². The molecule has 0 atom stereocenters. The van der Waals surface area contributed by atoms with Crippen molar-refractivity contribution in [1.82, 2.24) is 15.4 Å². The molecule has 3 N–H and O–H groups in total. The fourth-order valence-electron chi connectivity index (χ4n) is 1.84. The lowest BCUT2D eigenvalue weighted by Gasteiger charge is -2.26. The highest BCUT2D eigenvalue weighted by Crippen LogP contribution is 2.17. The van der Waals surface area contributed by atoms with Gasteiger partial charge in [-0.15, -0.1) is 0 Å². The summed E-state index contributed by atoms with van der Waals surface area (Å²) in [5.74, 6) is 0.0594. The molecule has 0 aromatic carbocycles. The largest absolute Gasteiger partial charge is 0.384 e. The summed E-state index contributed by atoms with van der Waals surface area (Å²) < 4.78 is 0. The monoisotopic (exact) mass is 254 g/mol. The van der Waals surface area contributed by atoms with Crippen molar-refractivity contribution in [2.75, 3.05) is 18.8 Å². The summed E-state index contributed by atoms with van der Waals surface area (Å²) in [6, 6.07) is 1.49. The average molecular weight is 255 g/mol. The van der Waals surface area contributed by atoms with Crippen LogP contribution in [0.5, 0.6) is 0 Å². The van der Waals surface area contributed by atoms with Crippen LogP contribution in [0.2, 0.25) is 5.02 Å². The van der Waals surface area contributed by atoms with E-state index >= 15 is 0 Å². The molecule has 1 saturated heterocycles. The number of anilines is 1. The lowest BCUT2D eigenvalue weighted by Crippen LogP contribution is -2.45. The highest BCUT2D eigenvalue weighted by Gasteiger charge is 2.16. The molecular weight excluding hydrogens is 240 g/mol. The van der Waals surface area contributed by atoms with Gasteiger partial charge in [0, 0.05) is 19.3 Å². The molecule has 0 saturated carbocycles. The molecule has 5 nitrogen and oxygen atoms in total. The van der Waals surface area contributed by atoms with E-state index < -0.39 is 0 Å². The lowest BCUT2D eigenvalue weighted by molar-refractivity contribution is 0.0750. The number of rotatable bonds is 2. The Bertz CT molecular complexity index is 418. The molecular formula is C11H15ClN4O. The number of nitrogen functional groups attached to an aromatic ring is 1. The summed E-state index contributed by atoms with van der Waals surface area (Å²) >= 11 is 5.91. The third kappa shape index (κ3) is 3.08. The van der Waals surface area contributed by atoms with Gasteiger partial charge in [-0.25, -0.2) is 9.99 Å². The van der Waals surface area contributed by atoms with Gasteiger partial charge in [-0.1, -0.05) is 18.0 Å². The predicted octanol–water partition coefficient (Wildman–Crippen LogP) is 1.45. The second kappa shape index (κ2) is 5.33. The number of carbonyl (C=O) groups is 1. The first-order valence-electron chi connectivity index (χ1n) is 5.64. The second-order valence-corrected chi connectivity index (χ2v) is 4.48. The molecule has 0 radical (unpaired) electrons. The Kier molecular flexibility index (Phi) is 3.81.